The molecule has 1 atom stereocenters. The summed E-state index contributed by atoms with van der Waals surface area (Å²) in [6.07, 6.45) is 4.92. The first kappa shape index (κ1) is 15.3. The first-order chi connectivity index (χ1) is 6.84. The number of ether oxygens (including phenoxy) is 2. The number of hydrogen-bond donors (Lipinski definition) is 0. The number of Topliss-reactive ketones (excluding diaryl/α,β-unsaturated/α-hetero) is 1. The molecule has 89 valence electrons. The van der Waals surface area contributed by atoms with Gasteiger partial charge in [0.25, 0.3) is 0 Å². The van der Waals surface area contributed by atoms with E-state index < -0.39 is 0 Å². The number of carbonyl (C=O) groups is 1. The predicted octanol–water partition coefficient (Wildman–Crippen LogP) is 1.94. The van der Waals surface area contributed by atoms with Gasteiger partial charge in [0.15, 0.2) is 5.78 Å². The van der Waals surface area contributed by atoms with Crippen molar-refractivity contribution in [2.75, 3.05) is 19.8 Å². The van der Waals surface area contributed by atoms with Crippen LogP contribution in [0, 0.1) is 0 Å². The zero-order valence-corrected chi connectivity index (χ0v) is 12.1. The summed E-state index contributed by atoms with van der Waals surface area (Å²) in [7, 11) is 0. The van der Waals surface area contributed by atoms with Gasteiger partial charge in [0.05, 0.1) is 19.8 Å². The molecular formula is C11H20O3Re. The summed E-state index contributed by atoms with van der Waals surface area (Å²) >= 11 is 0. The fourth-order valence-electron chi connectivity index (χ4n) is 1.56. The van der Waals surface area contributed by atoms with Crippen molar-refractivity contribution in [2.24, 2.45) is 0 Å². The summed E-state index contributed by atoms with van der Waals surface area (Å²) < 4.78 is 10.5. The van der Waals surface area contributed by atoms with Crippen LogP contribution in [-0.2, 0) is 34.7 Å². The maximum atomic E-state index is 11.6. The topological polar surface area (TPSA) is 35.5 Å². The molecule has 1 aliphatic rings. The van der Waals surface area contributed by atoms with Crippen molar-refractivity contribution in [3.8, 4) is 0 Å². The van der Waals surface area contributed by atoms with Crippen LogP contribution in [0.1, 0.15) is 39.0 Å². The molecule has 1 heterocycles. The van der Waals surface area contributed by atoms with Gasteiger partial charge in [0, 0.05) is 26.8 Å². The van der Waals surface area contributed by atoms with Gasteiger partial charge in [-0.15, -0.1) is 0 Å². The number of hydrogen-bond acceptors (Lipinski definition) is 3. The van der Waals surface area contributed by atoms with E-state index in [0.717, 1.165) is 12.8 Å². The molecule has 0 aromatic rings. The van der Waals surface area contributed by atoms with E-state index in [0.29, 0.717) is 26.2 Å². The first-order valence-electron chi connectivity index (χ1n) is 5.56. The van der Waals surface area contributed by atoms with Gasteiger partial charge in [-0.1, -0.05) is 26.2 Å². The average Bonchev–Trinajstić information content (AvgIpc) is 2.25. The van der Waals surface area contributed by atoms with Crippen LogP contribution in [0.2, 0.25) is 0 Å². The quantitative estimate of drug-likeness (QED) is 0.655. The van der Waals surface area contributed by atoms with E-state index in [1.807, 2.05) is 0 Å². The van der Waals surface area contributed by atoms with Gasteiger partial charge in [-0.05, 0) is 6.42 Å². The molecule has 1 aliphatic heterocycles. The largest absolute Gasteiger partial charge is 0.376 e. The first-order valence-corrected chi connectivity index (χ1v) is 5.56. The third-order valence-electron chi connectivity index (χ3n) is 2.45. The smallest absolute Gasteiger partial charge is 0.163 e. The second-order valence-electron chi connectivity index (χ2n) is 3.71. The Hall–Kier alpha value is 0.252. The van der Waals surface area contributed by atoms with Crippen LogP contribution >= 0.6 is 0 Å². The molecule has 0 bridgehead atoms. The molecule has 15 heavy (non-hydrogen) atoms. The Labute approximate surface area is 106 Å². The van der Waals surface area contributed by atoms with E-state index in [1.165, 1.54) is 12.8 Å². The molecule has 0 saturated carbocycles. The molecule has 1 rings (SSSR count). The molecule has 0 aromatic heterocycles. The van der Waals surface area contributed by atoms with Crippen LogP contribution in [0.3, 0.4) is 0 Å². The number of ketones is 1. The van der Waals surface area contributed by atoms with Crippen molar-refractivity contribution in [2.45, 2.75) is 45.1 Å². The summed E-state index contributed by atoms with van der Waals surface area (Å²) in [4.78, 5) is 11.6. The van der Waals surface area contributed by atoms with Crippen LogP contribution < -0.4 is 0 Å². The standard InChI is InChI=1S/C11H20O3.Re/c1-2-3-4-5-6-10(12)11-9-13-7-8-14-11;/h11H,2-9H2,1H3;. The molecular weight excluding hydrogens is 366 g/mol. The molecule has 1 fully saturated rings. The Morgan fingerprint density at radius 1 is 1.27 bits per heavy atom. The second-order valence-corrected chi connectivity index (χ2v) is 3.71. The summed E-state index contributed by atoms with van der Waals surface area (Å²) in [5.74, 6) is 0.209. The Kier molecular flexibility index (Phi) is 9.64. The van der Waals surface area contributed by atoms with Gasteiger partial charge in [-0.3, -0.25) is 4.79 Å². The van der Waals surface area contributed by atoms with E-state index in [1.54, 1.807) is 0 Å². The third kappa shape index (κ3) is 6.42. The summed E-state index contributed by atoms with van der Waals surface area (Å²) in [6.45, 7) is 3.80. The average molecular weight is 386 g/mol. The summed E-state index contributed by atoms with van der Waals surface area (Å²) in [6, 6.07) is 0. The minimum atomic E-state index is -0.287. The normalized spacial score (nSPS) is 20.7. The van der Waals surface area contributed by atoms with Crippen LogP contribution in [0.15, 0.2) is 0 Å². The Bertz CT molecular complexity index is 167. The van der Waals surface area contributed by atoms with Gasteiger partial charge >= 0.3 is 0 Å². The molecule has 1 unspecified atom stereocenters. The van der Waals surface area contributed by atoms with Crippen molar-refractivity contribution < 1.29 is 34.7 Å². The van der Waals surface area contributed by atoms with Crippen molar-refractivity contribution in [3.05, 3.63) is 0 Å². The number of rotatable bonds is 6. The van der Waals surface area contributed by atoms with E-state index in [9.17, 15) is 4.79 Å². The van der Waals surface area contributed by atoms with Gasteiger partial charge in [0.2, 0.25) is 0 Å². The van der Waals surface area contributed by atoms with Gasteiger partial charge < -0.3 is 9.47 Å². The molecule has 0 amide bonds. The van der Waals surface area contributed by atoms with Crippen LogP contribution in [-0.4, -0.2) is 31.7 Å². The maximum absolute atomic E-state index is 11.6. The monoisotopic (exact) mass is 387 g/mol. The van der Waals surface area contributed by atoms with Crippen LogP contribution in [0.5, 0.6) is 0 Å². The molecule has 0 aromatic carbocycles. The van der Waals surface area contributed by atoms with Crippen molar-refractivity contribution >= 4 is 5.78 Å². The molecule has 0 N–H and O–H groups in total. The predicted molar refractivity (Wildman–Crippen MR) is 54.3 cm³/mol. The second kappa shape index (κ2) is 9.48. The SMILES string of the molecule is CCCCCCC(=O)C1COCCO1.[Re]. The molecule has 1 saturated heterocycles. The van der Waals surface area contributed by atoms with Crippen molar-refractivity contribution in [1.29, 1.82) is 0 Å². The maximum Gasteiger partial charge on any atom is 0.163 e. The number of unbranched alkanes of at least 4 members (excludes halogenated alkanes) is 3. The van der Waals surface area contributed by atoms with Crippen LogP contribution in [0.4, 0.5) is 0 Å². The summed E-state index contributed by atoms with van der Waals surface area (Å²) in [5, 5.41) is 0. The Morgan fingerprint density at radius 3 is 2.67 bits per heavy atom. The third-order valence-corrected chi connectivity index (χ3v) is 2.45. The Balaban J connectivity index is 0.00000196. The molecule has 0 spiro atoms. The van der Waals surface area contributed by atoms with Crippen molar-refractivity contribution in [1.82, 2.24) is 0 Å². The fraction of sp³-hybridized carbons (Fsp3) is 0.909. The van der Waals surface area contributed by atoms with E-state index in [2.05, 4.69) is 6.92 Å². The molecule has 0 aliphatic carbocycles. The number of carbonyl (C=O) groups excluding carboxylic acids is 1. The van der Waals surface area contributed by atoms with Gasteiger partial charge in [-0.25, -0.2) is 0 Å². The van der Waals surface area contributed by atoms with E-state index >= 15 is 0 Å². The molecule has 3 nitrogen and oxygen atoms in total. The van der Waals surface area contributed by atoms with E-state index in [-0.39, 0.29) is 32.3 Å². The minimum absolute atomic E-state index is 0. The molecule has 4 heteroatoms. The zero-order chi connectivity index (χ0) is 10.2. The van der Waals surface area contributed by atoms with Crippen molar-refractivity contribution in [3.63, 3.8) is 0 Å². The van der Waals surface area contributed by atoms with E-state index in [4.69, 9.17) is 9.47 Å². The van der Waals surface area contributed by atoms with Gasteiger partial charge in [-0.2, -0.15) is 0 Å². The minimum Gasteiger partial charge on any atom is -0.376 e. The Morgan fingerprint density at radius 2 is 2.07 bits per heavy atom. The molecule has 1 radical (unpaired) electrons. The fourth-order valence-corrected chi connectivity index (χ4v) is 1.56. The summed E-state index contributed by atoms with van der Waals surface area (Å²) in [5.41, 5.74) is 0. The zero-order valence-electron chi connectivity index (χ0n) is 9.34. The van der Waals surface area contributed by atoms with Gasteiger partial charge in [0.1, 0.15) is 6.10 Å². The van der Waals surface area contributed by atoms with Crippen LogP contribution in [0.25, 0.3) is 0 Å².